The summed E-state index contributed by atoms with van der Waals surface area (Å²) in [6, 6.07) is 12.6. The van der Waals surface area contributed by atoms with Crippen molar-refractivity contribution in [1.29, 1.82) is 0 Å². The van der Waals surface area contributed by atoms with Gasteiger partial charge in [0.1, 0.15) is 0 Å². The number of carbonyl (C=O) groups excluding carboxylic acids is 1. The van der Waals surface area contributed by atoms with E-state index in [0.29, 0.717) is 28.7 Å². The van der Waals surface area contributed by atoms with Gasteiger partial charge in [-0.05, 0) is 42.0 Å². The van der Waals surface area contributed by atoms with Crippen molar-refractivity contribution in [2.45, 2.75) is 26.3 Å². The van der Waals surface area contributed by atoms with E-state index in [1.54, 1.807) is 29.2 Å². The van der Waals surface area contributed by atoms with Gasteiger partial charge < -0.3 is 15.0 Å². The topological polar surface area (TPSA) is 56.3 Å². The highest BCUT2D eigenvalue weighted by Crippen LogP contribution is 2.36. The van der Waals surface area contributed by atoms with Gasteiger partial charge in [-0.1, -0.05) is 43.1 Å². The molecule has 1 amide bonds. The van der Waals surface area contributed by atoms with Crippen molar-refractivity contribution in [1.82, 2.24) is 9.88 Å². The molecule has 4 nitrogen and oxygen atoms in total. The first kappa shape index (κ1) is 19.7. The summed E-state index contributed by atoms with van der Waals surface area (Å²) in [5.74, 6) is -0.248. The van der Waals surface area contributed by atoms with Crippen molar-refractivity contribution in [3.05, 3.63) is 69.3 Å². The van der Waals surface area contributed by atoms with Crippen molar-refractivity contribution in [2.24, 2.45) is 0 Å². The third kappa shape index (κ3) is 3.84. The monoisotopic (exact) mass is 404 g/mol. The Labute approximate surface area is 168 Å². The fraction of sp³-hybridized carbons (Fsp3) is 0.286. The standard InChI is InChI=1S/C19H16Cl2N2O2.C2H6/c20-13-3-1-2-11(6-13)19(25)23-8-12(10-24)18-15-7-14(21)4-5-16(15)22-17(18)9-23;1-2/h1-7,12,22,24H,8-10H2;1-2H3. The Hall–Kier alpha value is -2.01. The normalized spacial score (nSPS) is 15.9. The van der Waals surface area contributed by atoms with E-state index in [1.807, 2.05) is 32.0 Å². The minimum atomic E-state index is -0.154. The maximum atomic E-state index is 12.8. The summed E-state index contributed by atoms with van der Waals surface area (Å²) >= 11 is 12.1. The number of aromatic amines is 1. The predicted octanol–water partition coefficient (Wildman–Crippen LogP) is 5.23. The minimum absolute atomic E-state index is 0.0359. The Morgan fingerprint density at radius 1 is 1.19 bits per heavy atom. The third-order valence-corrected chi connectivity index (χ3v) is 5.13. The summed E-state index contributed by atoms with van der Waals surface area (Å²) in [6.45, 7) is 4.88. The molecule has 0 saturated carbocycles. The number of amides is 1. The largest absolute Gasteiger partial charge is 0.396 e. The molecular formula is C21H22Cl2N2O2. The number of hydrogen-bond acceptors (Lipinski definition) is 2. The molecule has 3 aromatic rings. The lowest BCUT2D eigenvalue weighted by molar-refractivity contribution is 0.0696. The molecular weight excluding hydrogens is 383 g/mol. The van der Waals surface area contributed by atoms with Gasteiger partial charge in [0, 0.05) is 44.7 Å². The molecule has 1 aromatic heterocycles. The van der Waals surface area contributed by atoms with E-state index in [-0.39, 0.29) is 18.4 Å². The van der Waals surface area contributed by atoms with Crippen LogP contribution in [0.15, 0.2) is 42.5 Å². The molecule has 2 N–H and O–H groups in total. The summed E-state index contributed by atoms with van der Waals surface area (Å²) in [5.41, 5.74) is 3.50. The Balaban J connectivity index is 0.00000102. The van der Waals surface area contributed by atoms with Crippen LogP contribution < -0.4 is 0 Å². The number of fused-ring (bicyclic) bond motifs is 3. The molecule has 0 radical (unpaired) electrons. The number of hydrogen-bond donors (Lipinski definition) is 2. The molecule has 0 bridgehead atoms. The molecule has 1 atom stereocenters. The number of nitrogens with zero attached hydrogens (tertiary/aromatic N) is 1. The quantitative estimate of drug-likeness (QED) is 0.613. The fourth-order valence-electron chi connectivity index (χ4n) is 3.55. The van der Waals surface area contributed by atoms with Crippen molar-refractivity contribution >= 4 is 40.0 Å². The van der Waals surface area contributed by atoms with E-state index in [9.17, 15) is 9.90 Å². The fourth-order valence-corrected chi connectivity index (χ4v) is 3.91. The first-order chi connectivity index (χ1) is 13.1. The Morgan fingerprint density at radius 2 is 1.93 bits per heavy atom. The molecule has 1 aliphatic rings. The first-order valence-electron chi connectivity index (χ1n) is 9.02. The molecule has 2 heterocycles. The lowest BCUT2D eigenvalue weighted by Gasteiger charge is -2.32. The predicted molar refractivity (Wildman–Crippen MR) is 111 cm³/mol. The molecule has 1 aliphatic heterocycles. The molecule has 2 aromatic carbocycles. The summed E-state index contributed by atoms with van der Waals surface area (Å²) in [5, 5.41) is 12.1. The summed E-state index contributed by atoms with van der Waals surface area (Å²) in [6.07, 6.45) is 0. The number of nitrogens with one attached hydrogen (secondary N) is 1. The van der Waals surface area contributed by atoms with Crippen LogP contribution in [0.3, 0.4) is 0 Å². The molecule has 6 heteroatoms. The lowest BCUT2D eigenvalue weighted by atomic mass is 9.92. The smallest absolute Gasteiger partial charge is 0.254 e. The van der Waals surface area contributed by atoms with Gasteiger partial charge in [-0.25, -0.2) is 0 Å². The van der Waals surface area contributed by atoms with Gasteiger partial charge >= 0.3 is 0 Å². The van der Waals surface area contributed by atoms with E-state index in [4.69, 9.17) is 23.2 Å². The highest BCUT2D eigenvalue weighted by Gasteiger charge is 2.31. The van der Waals surface area contributed by atoms with Gasteiger partial charge in [-0.15, -0.1) is 0 Å². The van der Waals surface area contributed by atoms with E-state index < -0.39 is 0 Å². The van der Waals surface area contributed by atoms with Crippen LogP contribution in [-0.4, -0.2) is 34.0 Å². The van der Waals surface area contributed by atoms with Crippen LogP contribution in [0, 0.1) is 0 Å². The number of carbonyl (C=O) groups is 1. The zero-order chi connectivity index (χ0) is 19.6. The van der Waals surface area contributed by atoms with E-state index in [1.165, 1.54) is 0 Å². The number of halogens is 2. The Bertz CT molecular complexity index is 968. The van der Waals surface area contributed by atoms with Crippen LogP contribution in [0.2, 0.25) is 10.0 Å². The highest BCUT2D eigenvalue weighted by molar-refractivity contribution is 6.31. The number of H-pyrrole nitrogens is 1. The summed E-state index contributed by atoms with van der Waals surface area (Å²) in [4.78, 5) is 18.0. The minimum Gasteiger partial charge on any atom is -0.396 e. The van der Waals surface area contributed by atoms with Crippen LogP contribution in [0.25, 0.3) is 10.9 Å². The van der Waals surface area contributed by atoms with Crippen molar-refractivity contribution < 1.29 is 9.90 Å². The maximum absolute atomic E-state index is 12.8. The van der Waals surface area contributed by atoms with E-state index in [0.717, 1.165) is 22.2 Å². The second-order valence-corrected chi connectivity index (χ2v) is 7.16. The number of aliphatic hydroxyl groups excluding tert-OH is 1. The summed E-state index contributed by atoms with van der Waals surface area (Å²) in [7, 11) is 0. The number of rotatable bonds is 2. The van der Waals surface area contributed by atoms with Gasteiger partial charge in [0.15, 0.2) is 0 Å². The highest BCUT2D eigenvalue weighted by atomic mass is 35.5. The van der Waals surface area contributed by atoms with Crippen molar-refractivity contribution in [3.8, 4) is 0 Å². The number of aromatic nitrogens is 1. The maximum Gasteiger partial charge on any atom is 0.254 e. The molecule has 0 aliphatic carbocycles. The second-order valence-electron chi connectivity index (χ2n) is 6.28. The molecule has 4 rings (SSSR count). The van der Waals surface area contributed by atoms with Crippen LogP contribution in [-0.2, 0) is 6.54 Å². The SMILES string of the molecule is CC.O=C(c1cccc(Cl)c1)N1Cc2[nH]c3ccc(Cl)cc3c2C(CO)C1. The molecule has 0 fully saturated rings. The number of aliphatic hydroxyl groups is 1. The summed E-state index contributed by atoms with van der Waals surface area (Å²) < 4.78 is 0. The average Bonchev–Trinajstić information content (AvgIpc) is 3.06. The first-order valence-corrected chi connectivity index (χ1v) is 9.78. The van der Waals surface area contributed by atoms with Gasteiger partial charge in [0.2, 0.25) is 0 Å². The zero-order valence-corrected chi connectivity index (χ0v) is 16.8. The average molecular weight is 405 g/mol. The second kappa shape index (κ2) is 8.34. The van der Waals surface area contributed by atoms with Gasteiger partial charge in [0.25, 0.3) is 5.91 Å². The Kier molecular flexibility index (Phi) is 6.10. The van der Waals surface area contributed by atoms with Crippen LogP contribution in [0.5, 0.6) is 0 Å². The molecule has 1 unspecified atom stereocenters. The van der Waals surface area contributed by atoms with Crippen LogP contribution in [0.1, 0.15) is 41.4 Å². The van der Waals surface area contributed by atoms with Crippen molar-refractivity contribution in [3.63, 3.8) is 0 Å². The lowest BCUT2D eigenvalue weighted by Crippen LogP contribution is -2.39. The van der Waals surface area contributed by atoms with Crippen molar-refractivity contribution in [2.75, 3.05) is 13.2 Å². The van der Waals surface area contributed by atoms with E-state index in [2.05, 4.69) is 4.98 Å². The molecule has 0 saturated heterocycles. The van der Waals surface area contributed by atoms with Gasteiger partial charge in [-0.3, -0.25) is 4.79 Å². The Morgan fingerprint density at radius 3 is 2.63 bits per heavy atom. The molecule has 27 heavy (non-hydrogen) atoms. The molecule has 142 valence electrons. The van der Waals surface area contributed by atoms with E-state index >= 15 is 0 Å². The van der Waals surface area contributed by atoms with Gasteiger partial charge in [-0.2, -0.15) is 0 Å². The van der Waals surface area contributed by atoms with Crippen LogP contribution in [0.4, 0.5) is 0 Å². The molecule has 0 spiro atoms. The van der Waals surface area contributed by atoms with Crippen LogP contribution >= 0.6 is 23.2 Å². The third-order valence-electron chi connectivity index (χ3n) is 4.66. The zero-order valence-electron chi connectivity index (χ0n) is 15.3. The number of benzene rings is 2. The van der Waals surface area contributed by atoms with Gasteiger partial charge in [0.05, 0.1) is 13.2 Å².